The zero-order chi connectivity index (χ0) is 15.5. The van der Waals surface area contributed by atoms with Crippen molar-refractivity contribution in [2.24, 2.45) is 0 Å². The van der Waals surface area contributed by atoms with Crippen LogP contribution in [0.4, 0.5) is 0 Å². The van der Waals surface area contributed by atoms with Gasteiger partial charge in [-0.3, -0.25) is 9.69 Å². The first-order chi connectivity index (χ1) is 9.91. The van der Waals surface area contributed by atoms with Crippen molar-refractivity contribution >= 4 is 5.91 Å². The Bertz CT molecular complexity index is 353. The second kappa shape index (κ2) is 7.07. The lowest BCUT2D eigenvalue weighted by molar-refractivity contribution is -0.157. The summed E-state index contributed by atoms with van der Waals surface area (Å²) in [6, 6.07) is 0.411. The van der Waals surface area contributed by atoms with Crippen molar-refractivity contribution in [2.75, 3.05) is 33.3 Å². The third-order valence-corrected chi connectivity index (χ3v) is 4.63. The summed E-state index contributed by atoms with van der Waals surface area (Å²) in [7, 11) is 1.94. The minimum atomic E-state index is -0.310. The van der Waals surface area contributed by atoms with Crippen molar-refractivity contribution in [3.63, 3.8) is 0 Å². The normalized spacial score (nSPS) is 27.5. The quantitative estimate of drug-likeness (QED) is 0.849. The number of carbonyl (C=O) groups excluding carboxylic acids is 1. The fourth-order valence-electron chi connectivity index (χ4n) is 3.61. The van der Waals surface area contributed by atoms with Gasteiger partial charge in [-0.1, -0.05) is 19.3 Å². The second-order valence-corrected chi connectivity index (χ2v) is 7.15. The van der Waals surface area contributed by atoms with E-state index in [1.165, 1.54) is 19.3 Å². The molecule has 0 radical (unpaired) electrons. The van der Waals surface area contributed by atoms with Gasteiger partial charge in [-0.25, -0.2) is 0 Å². The molecule has 2 aliphatic rings. The maximum Gasteiger partial charge on any atom is 0.236 e. The van der Waals surface area contributed by atoms with Crippen molar-refractivity contribution in [3.8, 4) is 0 Å². The molecule has 1 heterocycles. The van der Waals surface area contributed by atoms with Gasteiger partial charge in [0, 0.05) is 26.2 Å². The Hall–Kier alpha value is -0.650. The molecule has 0 aromatic heterocycles. The number of carbonyl (C=O) groups is 1. The maximum absolute atomic E-state index is 12.5. The topological polar surface area (TPSA) is 53.0 Å². The predicted molar refractivity (Wildman–Crippen MR) is 82.1 cm³/mol. The summed E-state index contributed by atoms with van der Waals surface area (Å²) in [6.07, 6.45) is 5.85. The van der Waals surface area contributed by atoms with Crippen LogP contribution in [-0.2, 0) is 9.53 Å². The molecule has 1 saturated heterocycles. The SMILES string of the molecule is CN(C(=O)CN1CC(CO)OC(C)(C)C1)C1CCCCC1. The summed E-state index contributed by atoms with van der Waals surface area (Å²) in [6.45, 7) is 5.81. The van der Waals surface area contributed by atoms with Crippen molar-refractivity contribution in [1.29, 1.82) is 0 Å². The predicted octanol–water partition coefficient (Wildman–Crippen LogP) is 1.25. The summed E-state index contributed by atoms with van der Waals surface area (Å²) in [4.78, 5) is 16.6. The summed E-state index contributed by atoms with van der Waals surface area (Å²) in [5, 5.41) is 9.34. The molecule has 1 amide bonds. The van der Waals surface area contributed by atoms with Crippen LogP contribution >= 0.6 is 0 Å². The zero-order valence-electron chi connectivity index (χ0n) is 13.7. The molecule has 0 spiro atoms. The van der Waals surface area contributed by atoms with Gasteiger partial charge >= 0.3 is 0 Å². The lowest BCUT2D eigenvalue weighted by Gasteiger charge is -2.42. The second-order valence-electron chi connectivity index (χ2n) is 7.15. The van der Waals surface area contributed by atoms with Crippen LogP contribution in [0.15, 0.2) is 0 Å². The molecule has 1 saturated carbocycles. The van der Waals surface area contributed by atoms with Gasteiger partial charge in [-0.2, -0.15) is 0 Å². The van der Waals surface area contributed by atoms with Gasteiger partial charge in [0.05, 0.1) is 24.9 Å². The number of hydrogen-bond acceptors (Lipinski definition) is 4. The highest BCUT2D eigenvalue weighted by molar-refractivity contribution is 5.78. The Morgan fingerprint density at radius 1 is 1.33 bits per heavy atom. The number of morpholine rings is 1. The summed E-state index contributed by atoms with van der Waals surface area (Å²) in [5.74, 6) is 0.191. The first-order valence-corrected chi connectivity index (χ1v) is 8.18. The lowest BCUT2D eigenvalue weighted by atomic mass is 9.94. The molecule has 5 heteroatoms. The van der Waals surface area contributed by atoms with Gasteiger partial charge in [-0.15, -0.1) is 0 Å². The fraction of sp³-hybridized carbons (Fsp3) is 0.938. The zero-order valence-corrected chi connectivity index (χ0v) is 13.7. The molecule has 1 aliphatic carbocycles. The third-order valence-electron chi connectivity index (χ3n) is 4.63. The van der Waals surface area contributed by atoms with Crippen LogP contribution in [0.5, 0.6) is 0 Å². The number of ether oxygens (including phenoxy) is 1. The van der Waals surface area contributed by atoms with E-state index in [1.807, 2.05) is 25.8 Å². The van der Waals surface area contributed by atoms with Crippen LogP contribution in [-0.4, -0.2) is 71.8 Å². The minimum absolute atomic E-state index is 0.00653. The molecule has 0 bridgehead atoms. The van der Waals surface area contributed by atoms with E-state index in [2.05, 4.69) is 4.90 Å². The minimum Gasteiger partial charge on any atom is -0.394 e. The van der Waals surface area contributed by atoms with Crippen molar-refractivity contribution in [3.05, 3.63) is 0 Å². The lowest BCUT2D eigenvalue weighted by Crippen LogP contribution is -2.56. The molecule has 122 valence electrons. The van der Waals surface area contributed by atoms with Gasteiger partial charge < -0.3 is 14.7 Å². The molecular formula is C16H30N2O3. The van der Waals surface area contributed by atoms with Crippen LogP contribution in [0.25, 0.3) is 0 Å². The molecule has 1 N–H and O–H groups in total. The van der Waals surface area contributed by atoms with E-state index >= 15 is 0 Å². The van der Waals surface area contributed by atoms with Crippen molar-refractivity contribution in [1.82, 2.24) is 9.80 Å². The van der Waals surface area contributed by atoms with Gasteiger partial charge in [-0.05, 0) is 26.7 Å². The fourth-order valence-corrected chi connectivity index (χ4v) is 3.61. The average Bonchev–Trinajstić information content (AvgIpc) is 2.45. The molecular weight excluding hydrogens is 268 g/mol. The number of hydrogen-bond donors (Lipinski definition) is 1. The van der Waals surface area contributed by atoms with Gasteiger partial charge in [0.2, 0.25) is 5.91 Å². The molecule has 0 aromatic carbocycles. The van der Waals surface area contributed by atoms with E-state index in [9.17, 15) is 9.90 Å². The standard InChI is InChI=1S/C16H30N2O3/c1-16(2)12-18(9-14(11-19)21-16)10-15(20)17(3)13-7-5-4-6-8-13/h13-14,19H,4-12H2,1-3H3. The molecule has 1 atom stereocenters. The highest BCUT2D eigenvalue weighted by Crippen LogP contribution is 2.23. The summed E-state index contributed by atoms with van der Waals surface area (Å²) < 4.78 is 5.79. The van der Waals surface area contributed by atoms with E-state index in [1.54, 1.807) is 0 Å². The first kappa shape index (κ1) is 16.7. The highest BCUT2D eigenvalue weighted by atomic mass is 16.5. The van der Waals surface area contributed by atoms with Gasteiger partial charge in [0.25, 0.3) is 0 Å². The van der Waals surface area contributed by atoms with Gasteiger partial charge in [0.1, 0.15) is 0 Å². The summed E-state index contributed by atoms with van der Waals surface area (Å²) in [5.41, 5.74) is -0.310. The summed E-state index contributed by atoms with van der Waals surface area (Å²) >= 11 is 0. The average molecular weight is 298 g/mol. The highest BCUT2D eigenvalue weighted by Gasteiger charge is 2.34. The van der Waals surface area contributed by atoms with Gasteiger partial charge in [0.15, 0.2) is 0 Å². The molecule has 1 unspecified atom stereocenters. The largest absolute Gasteiger partial charge is 0.394 e. The van der Waals surface area contributed by atoms with Crippen molar-refractivity contribution in [2.45, 2.75) is 63.7 Å². The monoisotopic (exact) mass is 298 g/mol. The molecule has 2 rings (SSSR count). The van der Waals surface area contributed by atoms with E-state index in [4.69, 9.17) is 4.74 Å². The van der Waals surface area contributed by atoms with E-state index in [0.29, 0.717) is 19.1 Å². The van der Waals surface area contributed by atoms with Crippen LogP contribution in [0.1, 0.15) is 46.0 Å². The van der Waals surface area contributed by atoms with Crippen molar-refractivity contribution < 1.29 is 14.6 Å². The first-order valence-electron chi connectivity index (χ1n) is 8.18. The van der Waals surface area contributed by atoms with E-state index in [0.717, 1.165) is 19.4 Å². The number of nitrogens with zero attached hydrogens (tertiary/aromatic N) is 2. The molecule has 1 aliphatic heterocycles. The molecule has 0 aromatic rings. The van der Waals surface area contributed by atoms with Crippen LogP contribution < -0.4 is 0 Å². The maximum atomic E-state index is 12.5. The van der Waals surface area contributed by atoms with Crippen LogP contribution in [0, 0.1) is 0 Å². The van der Waals surface area contributed by atoms with Crippen LogP contribution in [0.3, 0.4) is 0 Å². The van der Waals surface area contributed by atoms with Crippen LogP contribution in [0.2, 0.25) is 0 Å². The number of likely N-dealkylation sites (N-methyl/N-ethyl adjacent to an activating group) is 1. The third kappa shape index (κ3) is 4.66. The number of aliphatic hydroxyl groups excluding tert-OH is 1. The Balaban J connectivity index is 1.88. The molecule has 21 heavy (non-hydrogen) atoms. The van der Waals surface area contributed by atoms with E-state index in [-0.39, 0.29) is 24.2 Å². The smallest absolute Gasteiger partial charge is 0.236 e. The van der Waals surface area contributed by atoms with E-state index < -0.39 is 0 Å². The number of aliphatic hydroxyl groups is 1. The Morgan fingerprint density at radius 3 is 2.62 bits per heavy atom. The number of amides is 1. The Kier molecular flexibility index (Phi) is 5.63. The molecule has 5 nitrogen and oxygen atoms in total. The Labute approximate surface area is 128 Å². The number of rotatable bonds is 4. The Morgan fingerprint density at radius 2 is 2.00 bits per heavy atom. The molecule has 2 fully saturated rings.